The maximum Gasteiger partial charge on any atom is 0.391 e. The molecule has 2 aromatic heterocycles. The maximum absolute atomic E-state index is 12.7. The minimum atomic E-state index is -4.12. The predicted molar refractivity (Wildman–Crippen MR) is 64.0 cm³/mol. The van der Waals surface area contributed by atoms with Gasteiger partial charge in [0.15, 0.2) is 5.65 Å². The highest BCUT2D eigenvalue weighted by molar-refractivity contribution is 5.42. The average Bonchev–Trinajstić information content (AvgIpc) is 2.85. The number of rotatable bonds is 2. The smallest absolute Gasteiger partial charge is 0.366 e. The summed E-state index contributed by atoms with van der Waals surface area (Å²) in [5, 5.41) is 18.0. The molecule has 1 aliphatic carbocycles. The van der Waals surface area contributed by atoms with Crippen LogP contribution in [0.3, 0.4) is 0 Å². The first-order valence-electron chi connectivity index (χ1n) is 6.41. The molecule has 2 heterocycles. The number of hydrogen-bond donors (Lipinski definition) is 1. The first kappa shape index (κ1) is 13.1. The molecule has 0 aliphatic heterocycles. The topological polar surface area (TPSA) is 68.0 Å². The van der Waals surface area contributed by atoms with Gasteiger partial charge in [-0.3, -0.25) is 0 Å². The fourth-order valence-electron chi connectivity index (χ4n) is 2.55. The van der Waals surface area contributed by atoms with Crippen LogP contribution in [0.5, 0.6) is 0 Å². The van der Waals surface area contributed by atoms with E-state index < -0.39 is 12.1 Å². The molecule has 20 heavy (non-hydrogen) atoms. The standard InChI is InChI=1S/C11H13F3N6/c12-11(13,14)7-2-1-3-8(6-7)15-9-4-5-10-16-18-19-20(10)17-9/h4-5,7-8H,1-3,6H2,(H,15,17)/t7-,8+/m0/s1. The SMILES string of the molecule is FC(F)(F)[C@H]1CCC[C@@H](Nc2ccc3nnnn3n2)C1. The lowest BCUT2D eigenvalue weighted by Crippen LogP contribution is -2.34. The average molecular weight is 286 g/mol. The summed E-state index contributed by atoms with van der Waals surface area (Å²) in [6.45, 7) is 0. The van der Waals surface area contributed by atoms with E-state index in [9.17, 15) is 13.2 Å². The van der Waals surface area contributed by atoms with E-state index in [4.69, 9.17) is 0 Å². The maximum atomic E-state index is 12.7. The van der Waals surface area contributed by atoms with Gasteiger partial charge in [-0.25, -0.2) is 0 Å². The van der Waals surface area contributed by atoms with Crippen molar-refractivity contribution < 1.29 is 13.2 Å². The normalized spacial score (nSPS) is 23.9. The van der Waals surface area contributed by atoms with Crippen molar-refractivity contribution in [2.24, 2.45) is 5.92 Å². The molecule has 1 N–H and O–H groups in total. The van der Waals surface area contributed by atoms with Gasteiger partial charge in [0, 0.05) is 6.04 Å². The van der Waals surface area contributed by atoms with E-state index in [1.807, 2.05) is 0 Å². The van der Waals surface area contributed by atoms with E-state index in [0.29, 0.717) is 24.3 Å². The van der Waals surface area contributed by atoms with Gasteiger partial charge in [-0.1, -0.05) is 6.42 Å². The van der Waals surface area contributed by atoms with E-state index in [0.717, 1.165) is 0 Å². The van der Waals surface area contributed by atoms with Gasteiger partial charge in [0.2, 0.25) is 0 Å². The zero-order chi connectivity index (χ0) is 14.2. The Kier molecular flexibility index (Phi) is 3.19. The van der Waals surface area contributed by atoms with E-state index in [-0.39, 0.29) is 18.9 Å². The molecule has 0 bridgehead atoms. The summed E-state index contributed by atoms with van der Waals surface area (Å²) in [7, 11) is 0. The van der Waals surface area contributed by atoms with Gasteiger partial charge in [-0.05, 0) is 41.8 Å². The molecule has 3 rings (SSSR count). The highest BCUT2D eigenvalue weighted by Crippen LogP contribution is 2.38. The third-order valence-corrected chi connectivity index (χ3v) is 3.56. The number of nitrogens with one attached hydrogen (secondary N) is 1. The van der Waals surface area contributed by atoms with Crippen molar-refractivity contribution in [2.45, 2.75) is 37.9 Å². The summed E-state index contributed by atoms with van der Waals surface area (Å²) in [6.07, 6.45) is -2.55. The molecule has 0 unspecified atom stereocenters. The minimum Gasteiger partial charge on any atom is -0.366 e. The molecule has 2 aromatic rings. The number of fused-ring (bicyclic) bond motifs is 1. The van der Waals surface area contributed by atoms with Gasteiger partial charge >= 0.3 is 6.18 Å². The highest BCUT2D eigenvalue weighted by atomic mass is 19.4. The Morgan fingerprint density at radius 1 is 1.25 bits per heavy atom. The van der Waals surface area contributed by atoms with E-state index >= 15 is 0 Å². The lowest BCUT2D eigenvalue weighted by molar-refractivity contribution is -0.182. The number of halogens is 3. The molecular weight excluding hydrogens is 273 g/mol. The number of alkyl halides is 3. The Hall–Kier alpha value is -1.93. The first-order chi connectivity index (χ1) is 9.52. The van der Waals surface area contributed by atoms with Crippen molar-refractivity contribution in [1.82, 2.24) is 25.3 Å². The van der Waals surface area contributed by atoms with Crippen LogP contribution in [0.15, 0.2) is 12.1 Å². The molecule has 1 fully saturated rings. The number of hydrogen-bond acceptors (Lipinski definition) is 5. The molecule has 108 valence electrons. The molecule has 1 saturated carbocycles. The van der Waals surface area contributed by atoms with Crippen molar-refractivity contribution >= 4 is 11.5 Å². The number of tetrazole rings is 1. The van der Waals surface area contributed by atoms with E-state index in [2.05, 4.69) is 25.9 Å². The first-order valence-corrected chi connectivity index (χ1v) is 6.41. The summed E-state index contributed by atoms with van der Waals surface area (Å²) < 4.78 is 39.5. The Bertz CT molecular complexity index is 595. The molecule has 0 spiro atoms. The zero-order valence-electron chi connectivity index (χ0n) is 10.5. The molecule has 0 saturated heterocycles. The van der Waals surface area contributed by atoms with Gasteiger partial charge in [0.05, 0.1) is 5.92 Å². The summed E-state index contributed by atoms with van der Waals surface area (Å²) in [5.74, 6) is -0.747. The largest absolute Gasteiger partial charge is 0.391 e. The van der Waals surface area contributed by atoms with Crippen molar-refractivity contribution in [1.29, 1.82) is 0 Å². The van der Waals surface area contributed by atoms with Crippen LogP contribution < -0.4 is 5.32 Å². The van der Waals surface area contributed by atoms with Crippen LogP contribution in [0.25, 0.3) is 5.65 Å². The second-order valence-corrected chi connectivity index (χ2v) is 4.99. The van der Waals surface area contributed by atoms with Gasteiger partial charge in [-0.15, -0.1) is 14.8 Å². The third kappa shape index (κ3) is 2.66. The van der Waals surface area contributed by atoms with Crippen LogP contribution in [0.2, 0.25) is 0 Å². The second-order valence-electron chi connectivity index (χ2n) is 4.99. The van der Waals surface area contributed by atoms with Gasteiger partial charge < -0.3 is 5.32 Å². The zero-order valence-corrected chi connectivity index (χ0v) is 10.5. The van der Waals surface area contributed by atoms with Crippen molar-refractivity contribution in [3.05, 3.63) is 12.1 Å². The summed E-state index contributed by atoms with van der Waals surface area (Å²) >= 11 is 0. The Labute approximate surface area is 112 Å². The number of anilines is 1. The molecule has 0 aromatic carbocycles. The van der Waals surface area contributed by atoms with E-state index in [1.54, 1.807) is 12.1 Å². The minimum absolute atomic E-state index is 0.0822. The second kappa shape index (κ2) is 4.88. The molecule has 0 radical (unpaired) electrons. The quantitative estimate of drug-likeness (QED) is 0.915. The molecule has 0 amide bonds. The highest BCUT2D eigenvalue weighted by Gasteiger charge is 2.42. The summed E-state index contributed by atoms with van der Waals surface area (Å²) in [5.41, 5.74) is 0.493. The van der Waals surface area contributed by atoms with Crippen molar-refractivity contribution in [2.75, 3.05) is 5.32 Å². The number of aromatic nitrogens is 5. The van der Waals surface area contributed by atoms with Crippen LogP contribution in [0.4, 0.5) is 19.0 Å². The van der Waals surface area contributed by atoms with Crippen molar-refractivity contribution in [3.8, 4) is 0 Å². The van der Waals surface area contributed by atoms with Gasteiger partial charge in [-0.2, -0.15) is 13.2 Å². The van der Waals surface area contributed by atoms with Crippen LogP contribution in [0.1, 0.15) is 25.7 Å². The molecular formula is C11H13F3N6. The third-order valence-electron chi connectivity index (χ3n) is 3.56. The Balaban J connectivity index is 1.70. The van der Waals surface area contributed by atoms with Crippen LogP contribution >= 0.6 is 0 Å². The van der Waals surface area contributed by atoms with Crippen LogP contribution in [-0.2, 0) is 0 Å². The molecule has 6 nitrogen and oxygen atoms in total. The van der Waals surface area contributed by atoms with Gasteiger partial charge in [0.1, 0.15) is 5.82 Å². The van der Waals surface area contributed by atoms with E-state index in [1.165, 1.54) is 4.63 Å². The summed E-state index contributed by atoms with van der Waals surface area (Å²) in [4.78, 5) is 0. The molecule has 1 aliphatic rings. The van der Waals surface area contributed by atoms with Gasteiger partial charge in [0.25, 0.3) is 0 Å². The summed E-state index contributed by atoms with van der Waals surface area (Å²) in [6, 6.07) is 3.11. The van der Waals surface area contributed by atoms with Crippen molar-refractivity contribution in [3.63, 3.8) is 0 Å². The fraction of sp³-hybridized carbons (Fsp3) is 0.636. The lowest BCUT2D eigenvalue weighted by Gasteiger charge is -2.31. The Morgan fingerprint density at radius 2 is 2.10 bits per heavy atom. The fourth-order valence-corrected chi connectivity index (χ4v) is 2.55. The van der Waals surface area contributed by atoms with Crippen LogP contribution in [-0.4, -0.2) is 37.5 Å². The number of nitrogens with zero attached hydrogens (tertiary/aromatic N) is 5. The lowest BCUT2D eigenvalue weighted by atomic mass is 9.85. The van der Waals surface area contributed by atoms with Crippen LogP contribution in [0, 0.1) is 5.92 Å². The predicted octanol–water partition coefficient (Wildman–Crippen LogP) is 2.05. The molecule has 2 atom stereocenters. The molecule has 9 heteroatoms. The Morgan fingerprint density at radius 3 is 2.90 bits per heavy atom. The monoisotopic (exact) mass is 286 g/mol.